The van der Waals surface area contributed by atoms with Crippen LogP contribution < -0.4 is 24.8 Å². The molecule has 1 amide bonds. The fourth-order valence-electron chi connectivity index (χ4n) is 2.84. The standard InChI is InChI=1S/C23H21FN2O5S/c1-3-31-22(28)13-21-26(14-20(27)25-17-6-4-5-16(24)12-17)23(29)19(32-21)11-15-7-9-18(30-2)10-8-15/h4-13H,3,14H2,1-2H3,(H,25,27)/b19-11-,21-13-. The molecule has 0 bridgehead atoms. The molecule has 0 aliphatic carbocycles. The molecule has 0 fully saturated rings. The second-order valence-electron chi connectivity index (χ2n) is 6.57. The molecule has 7 nitrogen and oxygen atoms in total. The van der Waals surface area contributed by atoms with Crippen molar-refractivity contribution in [1.82, 2.24) is 4.57 Å². The van der Waals surface area contributed by atoms with Gasteiger partial charge >= 0.3 is 5.97 Å². The van der Waals surface area contributed by atoms with E-state index in [1.807, 2.05) is 0 Å². The van der Waals surface area contributed by atoms with E-state index in [0.717, 1.165) is 16.9 Å². The highest BCUT2D eigenvalue weighted by molar-refractivity contribution is 7.07. The number of ether oxygens (including phenoxy) is 2. The summed E-state index contributed by atoms with van der Waals surface area (Å²) < 4.78 is 25.2. The van der Waals surface area contributed by atoms with Crippen LogP contribution in [0.25, 0.3) is 12.2 Å². The number of aromatic nitrogens is 1. The molecule has 1 heterocycles. The number of carbonyl (C=O) groups is 2. The van der Waals surface area contributed by atoms with Gasteiger partial charge in [0.15, 0.2) is 0 Å². The fraction of sp³-hybridized carbons (Fsp3) is 0.174. The largest absolute Gasteiger partial charge is 0.497 e. The Kier molecular flexibility index (Phi) is 7.56. The predicted octanol–water partition coefficient (Wildman–Crippen LogP) is 1.87. The molecule has 0 saturated heterocycles. The molecule has 0 unspecified atom stereocenters. The second-order valence-corrected chi connectivity index (χ2v) is 7.63. The number of hydrogen-bond donors (Lipinski definition) is 1. The van der Waals surface area contributed by atoms with Crippen molar-refractivity contribution in [3.05, 3.63) is 79.5 Å². The summed E-state index contributed by atoms with van der Waals surface area (Å²) in [6.45, 7) is 1.49. The van der Waals surface area contributed by atoms with Crippen LogP contribution in [0.15, 0.2) is 53.3 Å². The van der Waals surface area contributed by atoms with E-state index >= 15 is 0 Å². The first-order chi connectivity index (χ1) is 15.4. The van der Waals surface area contributed by atoms with Crippen LogP contribution >= 0.6 is 11.3 Å². The van der Waals surface area contributed by atoms with Gasteiger partial charge in [-0.3, -0.25) is 14.2 Å². The van der Waals surface area contributed by atoms with E-state index in [4.69, 9.17) is 9.47 Å². The zero-order valence-electron chi connectivity index (χ0n) is 17.5. The number of anilines is 1. The Morgan fingerprint density at radius 3 is 2.59 bits per heavy atom. The van der Waals surface area contributed by atoms with Gasteiger partial charge in [0.2, 0.25) is 5.91 Å². The molecular weight excluding hydrogens is 435 g/mol. The molecule has 0 aliphatic rings. The minimum absolute atomic E-state index is 0.176. The molecule has 1 N–H and O–H groups in total. The van der Waals surface area contributed by atoms with Crippen LogP contribution in [0.3, 0.4) is 0 Å². The number of nitrogens with one attached hydrogen (secondary N) is 1. The number of esters is 1. The first-order valence-corrected chi connectivity index (χ1v) is 10.5. The molecule has 2 aromatic carbocycles. The van der Waals surface area contributed by atoms with Crippen molar-refractivity contribution >= 4 is 41.1 Å². The van der Waals surface area contributed by atoms with Crippen molar-refractivity contribution < 1.29 is 23.5 Å². The van der Waals surface area contributed by atoms with Gasteiger partial charge in [0.25, 0.3) is 5.56 Å². The SMILES string of the molecule is CCOC(=O)/C=c1\s/c(=C\c2ccc(OC)cc2)c(=O)n1CC(=O)Nc1cccc(F)c1. The van der Waals surface area contributed by atoms with Gasteiger partial charge in [0.1, 0.15) is 22.8 Å². The number of rotatable bonds is 7. The fourth-order valence-corrected chi connectivity index (χ4v) is 3.87. The Hall–Kier alpha value is -3.72. The quantitative estimate of drug-likeness (QED) is 0.549. The number of benzene rings is 2. The van der Waals surface area contributed by atoms with Crippen molar-refractivity contribution in [3.8, 4) is 5.75 Å². The van der Waals surface area contributed by atoms with Crippen molar-refractivity contribution in [2.24, 2.45) is 0 Å². The van der Waals surface area contributed by atoms with E-state index in [1.54, 1.807) is 44.4 Å². The van der Waals surface area contributed by atoms with Gasteiger partial charge in [-0.05, 0) is 48.9 Å². The van der Waals surface area contributed by atoms with Gasteiger partial charge in [-0.15, -0.1) is 11.3 Å². The summed E-state index contributed by atoms with van der Waals surface area (Å²) >= 11 is 1.06. The predicted molar refractivity (Wildman–Crippen MR) is 121 cm³/mol. The van der Waals surface area contributed by atoms with E-state index in [9.17, 15) is 18.8 Å². The van der Waals surface area contributed by atoms with Crippen LogP contribution in [0.4, 0.5) is 10.1 Å². The third-order valence-corrected chi connectivity index (χ3v) is 5.35. The van der Waals surface area contributed by atoms with Gasteiger partial charge in [-0.2, -0.15) is 0 Å². The summed E-state index contributed by atoms with van der Waals surface area (Å²) in [5, 5.41) is 2.55. The summed E-state index contributed by atoms with van der Waals surface area (Å²) in [6.07, 6.45) is 2.84. The lowest BCUT2D eigenvalue weighted by Crippen LogP contribution is -2.36. The smallest absolute Gasteiger partial charge is 0.333 e. The van der Waals surface area contributed by atoms with Crippen LogP contribution in [0.1, 0.15) is 12.5 Å². The average molecular weight is 456 g/mol. The average Bonchev–Trinajstić information content (AvgIpc) is 3.03. The lowest BCUT2D eigenvalue weighted by atomic mass is 10.2. The third kappa shape index (κ3) is 5.92. The molecular formula is C23H21FN2O5S. The van der Waals surface area contributed by atoms with Crippen LogP contribution in [0, 0.1) is 5.82 Å². The highest BCUT2D eigenvalue weighted by Gasteiger charge is 2.12. The highest BCUT2D eigenvalue weighted by atomic mass is 32.1. The zero-order valence-corrected chi connectivity index (χ0v) is 18.3. The maximum absolute atomic E-state index is 13.4. The summed E-state index contributed by atoms with van der Waals surface area (Å²) in [4.78, 5) is 37.5. The first kappa shape index (κ1) is 23.0. The van der Waals surface area contributed by atoms with Crippen molar-refractivity contribution in [3.63, 3.8) is 0 Å². The van der Waals surface area contributed by atoms with E-state index in [2.05, 4.69) is 5.32 Å². The second kappa shape index (κ2) is 10.5. The first-order valence-electron chi connectivity index (χ1n) is 9.69. The molecule has 0 atom stereocenters. The summed E-state index contributed by atoms with van der Waals surface area (Å²) in [7, 11) is 1.56. The van der Waals surface area contributed by atoms with Gasteiger partial charge in [-0.25, -0.2) is 9.18 Å². The maximum atomic E-state index is 13.4. The van der Waals surface area contributed by atoms with Crippen molar-refractivity contribution in [1.29, 1.82) is 0 Å². The molecule has 0 spiro atoms. The van der Waals surface area contributed by atoms with Gasteiger partial charge in [0, 0.05) is 5.69 Å². The van der Waals surface area contributed by atoms with Crippen LogP contribution in [0.2, 0.25) is 0 Å². The number of amides is 1. The Morgan fingerprint density at radius 2 is 1.94 bits per heavy atom. The van der Waals surface area contributed by atoms with E-state index in [0.29, 0.717) is 10.3 Å². The maximum Gasteiger partial charge on any atom is 0.333 e. The zero-order chi connectivity index (χ0) is 23.1. The molecule has 0 saturated carbocycles. The van der Waals surface area contributed by atoms with Crippen LogP contribution in [0.5, 0.6) is 5.75 Å². The number of nitrogens with zero attached hydrogens (tertiary/aromatic N) is 1. The van der Waals surface area contributed by atoms with Gasteiger partial charge < -0.3 is 14.8 Å². The molecule has 9 heteroatoms. The topological polar surface area (TPSA) is 86.6 Å². The molecule has 1 aromatic heterocycles. The lowest BCUT2D eigenvalue weighted by Gasteiger charge is -2.06. The number of hydrogen-bond acceptors (Lipinski definition) is 6. The molecule has 0 aliphatic heterocycles. The normalized spacial score (nSPS) is 12.0. The van der Waals surface area contributed by atoms with E-state index in [1.165, 1.54) is 34.9 Å². The van der Waals surface area contributed by atoms with E-state index < -0.39 is 23.3 Å². The summed E-state index contributed by atoms with van der Waals surface area (Å²) in [5.41, 5.74) is 0.582. The number of carbonyl (C=O) groups excluding carboxylic acids is 2. The van der Waals surface area contributed by atoms with Crippen LogP contribution in [-0.4, -0.2) is 30.2 Å². The molecule has 166 valence electrons. The Bertz CT molecular complexity index is 1300. The molecule has 3 aromatic rings. The van der Waals surface area contributed by atoms with Crippen LogP contribution in [-0.2, 0) is 20.9 Å². The minimum atomic E-state index is -0.621. The van der Waals surface area contributed by atoms with Crippen molar-refractivity contribution in [2.45, 2.75) is 13.5 Å². The Labute approximate surface area is 187 Å². The molecule has 32 heavy (non-hydrogen) atoms. The highest BCUT2D eigenvalue weighted by Crippen LogP contribution is 2.11. The molecule has 0 radical (unpaired) electrons. The van der Waals surface area contributed by atoms with Gasteiger partial charge in [-0.1, -0.05) is 18.2 Å². The molecule has 3 rings (SSSR count). The Balaban J connectivity index is 1.98. The minimum Gasteiger partial charge on any atom is -0.497 e. The number of halogens is 1. The van der Waals surface area contributed by atoms with E-state index in [-0.39, 0.29) is 23.5 Å². The monoisotopic (exact) mass is 456 g/mol. The lowest BCUT2D eigenvalue weighted by molar-refractivity contribution is -0.135. The van der Waals surface area contributed by atoms with Gasteiger partial charge in [0.05, 0.1) is 24.3 Å². The number of methoxy groups -OCH3 is 1. The van der Waals surface area contributed by atoms with Crippen molar-refractivity contribution in [2.75, 3.05) is 19.0 Å². The summed E-state index contributed by atoms with van der Waals surface area (Å²) in [5.74, 6) is -0.978. The Morgan fingerprint density at radius 1 is 1.19 bits per heavy atom. The number of thiazole rings is 1. The third-order valence-electron chi connectivity index (χ3n) is 4.29. The summed E-state index contributed by atoms with van der Waals surface area (Å²) in [6, 6.07) is 12.5.